The zero-order valence-electron chi connectivity index (χ0n) is 23.8. The first-order valence-corrected chi connectivity index (χ1v) is 14.7. The fraction of sp³-hybridized carbons (Fsp3) is 0.0244. The van der Waals surface area contributed by atoms with Gasteiger partial charge in [-0.1, -0.05) is 115 Å². The molecule has 2 heterocycles. The van der Waals surface area contributed by atoms with Gasteiger partial charge in [-0.05, 0) is 96.4 Å². The molecule has 43 heavy (non-hydrogen) atoms. The summed E-state index contributed by atoms with van der Waals surface area (Å²) in [5, 5.41) is 7.50. The van der Waals surface area contributed by atoms with Gasteiger partial charge in [0, 0.05) is 29.8 Å². The molecule has 0 atom stereocenters. The first kappa shape index (κ1) is 25.1. The largest absolute Gasteiger partial charge is 0.265 e. The van der Waals surface area contributed by atoms with E-state index in [1.807, 2.05) is 25.5 Å². The molecule has 0 aliphatic heterocycles. The summed E-state index contributed by atoms with van der Waals surface area (Å²) in [6, 6.07) is 48.4. The van der Waals surface area contributed by atoms with Gasteiger partial charge in [0.25, 0.3) is 0 Å². The van der Waals surface area contributed by atoms with Crippen LogP contribution in [0.15, 0.2) is 152 Å². The van der Waals surface area contributed by atoms with Crippen LogP contribution in [-0.4, -0.2) is 9.97 Å². The summed E-state index contributed by atoms with van der Waals surface area (Å²) in [6.07, 6.45) is 5.68. The zero-order chi connectivity index (χ0) is 28.8. The molecule has 0 saturated carbocycles. The number of hydrogen-bond acceptors (Lipinski definition) is 2. The van der Waals surface area contributed by atoms with E-state index >= 15 is 0 Å². The molecular formula is C41H28N2. The van der Waals surface area contributed by atoms with Crippen LogP contribution in [0.1, 0.15) is 5.69 Å². The molecule has 2 aromatic heterocycles. The van der Waals surface area contributed by atoms with E-state index in [1.54, 1.807) is 0 Å². The van der Waals surface area contributed by atoms with Crippen LogP contribution >= 0.6 is 0 Å². The zero-order valence-corrected chi connectivity index (χ0v) is 23.8. The van der Waals surface area contributed by atoms with Crippen LogP contribution in [0.3, 0.4) is 0 Å². The van der Waals surface area contributed by atoms with Gasteiger partial charge in [0.05, 0.1) is 0 Å². The fourth-order valence-electron chi connectivity index (χ4n) is 6.50. The average molecular weight is 549 g/mol. The van der Waals surface area contributed by atoms with Gasteiger partial charge in [0.2, 0.25) is 0 Å². The summed E-state index contributed by atoms with van der Waals surface area (Å²) in [5.41, 5.74) is 10.7. The van der Waals surface area contributed by atoms with Crippen LogP contribution in [0.4, 0.5) is 0 Å². The minimum absolute atomic E-state index is 1.03. The second kappa shape index (κ2) is 10.3. The lowest BCUT2D eigenvalue weighted by molar-refractivity contribution is 1.20. The van der Waals surface area contributed by atoms with E-state index in [0.717, 1.165) is 11.3 Å². The van der Waals surface area contributed by atoms with E-state index < -0.39 is 0 Å². The number of aryl methyl sites for hydroxylation is 1. The Morgan fingerprint density at radius 1 is 0.372 bits per heavy atom. The molecule has 0 aliphatic carbocycles. The highest BCUT2D eigenvalue weighted by molar-refractivity contribution is 6.24. The van der Waals surface area contributed by atoms with Crippen LogP contribution in [0.5, 0.6) is 0 Å². The summed E-state index contributed by atoms with van der Waals surface area (Å²) in [5.74, 6) is 0. The highest BCUT2D eigenvalue weighted by atomic mass is 14.7. The molecule has 8 aromatic rings. The minimum Gasteiger partial charge on any atom is -0.265 e. The fourth-order valence-corrected chi connectivity index (χ4v) is 6.50. The maximum atomic E-state index is 4.50. The Kier molecular flexibility index (Phi) is 6.05. The van der Waals surface area contributed by atoms with E-state index in [4.69, 9.17) is 0 Å². The van der Waals surface area contributed by atoms with Crippen molar-refractivity contribution in [2.75, 3.05) is 0 Å². The van der Waals surface area contributed by atoms with Crippen molar-refractivity contribution in [1.82, 2.24) is 9.97 Å². The highest BCUT2D eigenvalue weighted by Gasteiger charge is 2.19. The Morgan fingerprint density at radius 3 is 1.44 bits per heavy atom. The normalized spacial score (nSPS) is 11.4. The maximum Gasteiger partial charge on any atom is 0.0373 e. The predicted molar refractivity (Wildman–Crippen MR) is 181 cm³/mol. The Labute approximate surface area is 251 Å². The van der Waals surface area contributed by atoms with Crippen molar-refractivity contribution in [1.29, 1.82) is 0 Å². The summed E-state index contributed by atoms with van der Waals surface area (Å²) < 4.78 is 0. The first-order chi connectivity index (χ1) is 21.3. The van der Waals surface area contributed by atoms with Crippen LogP contribution in [0, 0.1) is 6.92 Å². The monoisotopic (exact) mass is 548 g/mol. The van der Waals surface area contributed by atoms with Crippen LogP contribution in [-0.2, 0) is 0 Å². The van der Waals surface area contributed by atoms with E-state index in [9.17, 15) is 0 Å². The summed E-state index contributed by atoms with van der Waals surface area (Å²) >= 11 is 0. The molecule has 6 aromatic carbocycles. The van der Waals surface area contributed by atoms with Crippen molar-refractivity contribution < 1.29 is 0 Å². The number of nitrogens with zero attached hydrogens (tertiary/aromatic N) is 2. The molecule has 0 fully saturated rings. The third-order valence-electron chi connectivity index (χ3n) is 8.53. The number of fused-ring (bicyclic) bond motifs is 3. The molecule has 0 unspecified atom stereocenters. The molecule has 2 heteroatoms. The molecule has 202 valence electrons. The second-order valence-corrected chi connectivity index (χ2v) is 11.0. The van der Waals surface area contributed by atoms with Gasteiger partial charge in [-0.3, -0.25) is 9.97 Å². The lowest BCUT2D eigenvalue weighted by atomic mass is 9.83. The van der Waals surface area contributed by atoms with Crippen molar-refractivity contribution in [3.63, 3.8) is 0 Å². The maximum absolute atomic E-state index is 4.50. The lowest BCUT2D eigenvalue weighted by Gasteiger charge is -2.19. The quantitative estimate of drug-likeness (QED) is 0.204. The number of rotatable bonds is 4. The number of hydrogen-bond donors (Lipinski definition) is 0. The van der Waals surface area contributed by atoms with Crippen molar-refractivity contribution in [3.05, 3.63) is 158 Å². The average Bonchev–Trinajstić information content (AvgIpc) is 3.08. The summed E-state index contributed by atoms with van der Waals surface area (Å²) in [4.78, 5) is 8.74. The van der Waals surface area contributed by atoms with Crippen molar-refractivity contribution in [2.45, 2.75) is 6.92 Å². The van der Waals surface area contributed by atoms with Crippen molar-refractivity contribution in [3.8, 4) is 44.5 Å². The Morgan fingerprint density at radius 2 is 0.860 bits per heavy atom. The van der Waals surface area contributed by atoms with Gasteiger partial charge in [0.15, 0.2) is 0 Å². The molecule has 0 aliphatic rings. The van der Waals surface area contributed by atoms with Crippen molar-refractivity contribution >= 4 is 32.3 Å². The topological polar surface area (TPSA) is 25.8 Å². The number of benzene rings is 6. The number of pyridine rings is 2. The molecule has 0 N–H and O–H groups in total. The summed E-state index contributed by atoms with van der Waals surface area (Å²) in [6.45, 7) is 2.02. The van der Waals surface area contributed by atoms with Gasteiger partial charge < -0.3 is 0 Å². The van der Waals surface area contributed by atoms with Crippen molar-refractivity contribution in [2.24, 2.45) is 0 Å². The SMILES string of the molecule is Cc1ccc(-c2ccc(-c3c4ccccc4c(-c4ccc(-c5ccncc5)c5ccccc45)c4ccccc34)cc2)cn1. The third kappa shape index (κ3) is 4.27. The van der Waals surface area contributed by atoms with Gasteiger partial charge in [-0.2, -0.15) is 0 Å². The van der Waals surface area contributed by atoms with E-state index in [1.165, 1.54) is 71.3 Å². The molecule has 0 amide bonds. The molecule has 0 radical (unpaired) electrons. The van der Waals surface area contributed by atoms with Crippen LogP contribution in [0.2, 0.25) is 0 Å². The van der Waals surface area contributed by atoms with Gasteiger partial charge in [0.1, 0.15) is 0 Å². The van der Waals surface area contributed by atoms with Gasteiger partial charge in [-0.25, -0.2) is 0 Å². The highest BCUT2D eigenvalue weighted by Crippen LogP contribution is 2.46. The first-order valence-electron chi connectivity index (χ1n) is 14.7. The van der Waals surface area contributed by atoms with Gasteiger partial charge >= 0.3 is 0 Å². The lowest BCUT2D eigenvalue weighted by Crippen LogP contribution is -1.92. The Bertz CT molecular complexity index is 2210. The smallest absolute Gasteiger partial charge is 0.0373 e. The summed E-state index contributed by atoms with van der Waals surface area (Å²) in [7, 11) is 0. The predicted octanol–water partition coefficient (Wildman–Crippen LogP) is 10.9. The molecule has 0 saturated heterocycles. The number of aromatic nitrogens is 2. The standard InChI is InChI=1S/C41H28N2/c1-27-14-15-31(26-43-27)28-16-18-30(19-17-28)40-35-10-4-6-12-37(35)41(38-13-7-5-11-36(38)40)39-21-20-32(29-22-24-42-25-23-29)33-8-2-3-9-34(33)39/h2-26H,1H3. The molecular weight excluding hydrogens is 520 g/mol. The molecule has 0 spiro atoms. The van der Waals surface area contributed by atoms with Crippen LogP contribution < -0.4 is 0 Å². The second-order valence-electron chi connectivity index (χ2n) is 11.0. The molecule has 8 rings (SSSR count). The van der Waals surface area contributed by atoms with Gasteiger partial charge in [-0.15, -0.1) is 0 Å². The van der Waals surface area contributed by atoms with E-state index in [2.05, 4.69) is 143 Å². The minimum atomic E-state index is 1.03. The van der Waals surface area contributed by atoms with Crippen LogP contribution in [0.25, 0.3) is 76.8 Å². The van der Waals surface area contributed by atoms with E-state index in [-0.39, 0.29) is 0 Å². The molecule has 0 bridgehead atoms. The Balaban J connectivity index is 1.38. The molecule has 2 nitrogen and oxygen atoms in total. The Hall–Kier alpha value is -5.60. The van der Waals surface area contributed by atoms with E-state index in [0.29, 0.717) is 0 Å². The third-order valence-corrected chi connectivity index (χ3v) is 8.53.